The number of hydrogen-bond donors (Lipinski definition) is 1. The normalized spacial score (nSPS) is 25.9. The van der Waals surface area contributed by atoms with Gasteiger partial charge in [-0.1, -0.05) is 6.92 Å². The number of rotatable bonds is 5. The second-order valence-electron chi connectivity index (χ2n) is 4.50. The summed E-state index contributed by atoms with van der Waals surface area (Å²) in [6.07, 6.45) is 5.12. The van der Waals surface area contributed by atoms with E-state index in [1.54, 1.807) is 0 Å². The van der Waals surface area contributed by atoms with Crippen molar-refractivity contribution >= 4 is 5.91 Å². The van der Waals surface area contributed by atoms with Gasteiger partial charge in [0.1, 0.15) is 0 Å². The van der Waals surface area contributed by atoms with E-state index in [0.29, 0.717) is 24.4 Å². The van der Waals surface area contributed by atoms with Gasteiger partial charge in [0.05, 0.1) is 0 Å². The minimum atomic E-state index is 0.349. The predicted molar refractivity (Wildman–Crippen MR) is 62.8 cm³/mol. The quantitative estimate of drug-likeness (QED) is 0.704. The summed E-state index contributed by atoms with van der Waals surface area (Å²) in [4.78, 5) is 14.1. The molecule has 1 amide bonds. The van der Waals surface area contributed by atoms with Crippen LogP contribution in [0.25, 0.3) is 0 Å². The van der Waals surface area contributed by atoms with Crippen molar-refractivity contribution in [3.05, 3.63) is 0 Å². The molecule has 3 heteroatoms. The molecule has 3 nitrogen and oxygen atoms in total. The molecule has 1 N–H and O–H groups in total. The molecule has 0 radical (unpaired) electrons. The molecule has 0 bridgehead atoms. The maximum absolute atomic E-state index is 12.0. The van der Waals surface area contributed by atoms with Crippen LogP contribution in [-0.4, -0.2) is 36.5 Å². The van der Waals surface area contributed by atoms with E-state index in [0.717, 1.165) is 19.4 Å². The van der Waals surface area contributed by atoms with Crippen molar-refractivity contribution in [3.63, 3.8) is 0 Å². The number of nitrogens with zero attached hydrogens (tertiary/aromatic N) is 1. The smallest absolute Gasteiger partial charge is 0.223 e. The molecule has 0 aromatic carbocycles. The fraction of sp³-hybridized carbons (Fsp3) is 0.917. The Hall–Kier alpha value is -0.570. The zero-order valence-electron chi connectivity index (χ0n) is 10.3. The molecule has 0 saturated carbocycles. The van der Waals surface area contributed by atoms with Crippen LogP contribution in [-0.2, 0) is 4.79 Å². The van der Waals surface area contributed by atoms with Gasteiger partial charge < -0.3 is 10.2 Å². The largest absolute Gasteiger partial charge is 0.337 e. The summed E-state index contributed by atoms with van der Waals surface area (Å²) in [5.74, 6) is 0.349. The Balaban J connectivity index is 2.41. The Morgan fingerprint density at radius 3 is 2.80 bits per heavy atom. The van der Waals surface area contributed by atoms with Crippen molar-refractivity contribution < 1.29 is 4.79 Å². The highest BCUT2D eigenvalue weighted by atomic mass is 16.2. The molecule has 2 atom stereocenters. The van der Waals surface area contributed by atoms with Crippen molar-refractivity contribution in [1.82, 2.24) is 10.2 Å². The molecule has 0 aromatic rings. The molecule has 15 heavy (non-hydrogen) atoms. The highest BCUT2D eigenvalue weighted by molar-refractivity contribution is 5.77. The van der Waals surface area contributed by atoms with Gasteiger partial charge >= 0.3 is 0 Å². The summed E-state index contributed by atoms with van der Waals surface area (Å²) in [6.45, 7) is 5.28. The maximum atomic E-state index is 12.0. The molecule has 88 valence electrons. The Morgan fingerprint density at radius 1 is 1.47 bits per heavy atom. The summed E-state index contributed by atoms with van der Waals surface area (Å²) in [5.41, 5.74) is 0. The average Bonchev–Trinajstić information content (AvgIpc) is 2.59. The predicted octanol–water partition coefficient (Wildman–Crippen LogP) is 1.78. The van der Waals surface area contributed by atoms with E-state index in [4.69, 9.17) is 0 Å². The van der Waals surface area contributed by atoms with Crippen LogP contribution in [0, 0.1) is 0 Å². The van der Waals surface area contributed by atoms with E-state index >= 15 is 0 Å². The number of nitrogens with one attached hydrogen (secondary N) is 1. The number of hydrogen-bond acceptors (Lipinski definition) is 2. The van der Waals surface area contributed by atoms with Crippen LogP contribution < -0.4 is 5.32 Å². The molecule has 1 heterocycles. The lowest BCUT2D eigenvalue weighted by Gasteiger charge is -2.28. The van der Waals surface area contributed by atoms with E-state index < -0.39 is 0 Å². The Bertz CT molecular complexity index is 206. The lowest BCUT2D eigenvalue weighted by atomic mass is 10.1. The van der Waals surface area contributed by atoms with Crippen LogP contribution in [0.1, 0.15) is 46.0 Å². The Kier molecular flexibility index (Phi) is 5.09. The third-order valence-corrected chi connectivity index (χ3v) is 3.36. The zero-order chi connectivity index (χ0) is 11.3. The third kappa shape index (κ3) is 3.20. The van der Waals surface area contributed by atoms with E-state index in [1.165, 1.54) is 12.8 Å². The van der Waals surface area contributed by atoms with Gasteiger partial charge in [-0.3, -0.25) is 4.79 Å². The molecular formula is C12H24N2O. The molecule has 0 aliphatic carbocycles. The first-order chi connectivity index (χ1) is 7.20. The Morgan fingerprint density at radius 2 is 2.20 bits per heavy atom. The van der Waals surface area contributed by atoms with E-state index in [2.05, 4.69) is 24.1 Å². The van der Waals surface area contributed by atoms with Gasteiger partial charge in [0.25, 0.3) is 0 Å². The van der Waals surface area contributed by atoms with Crippen molar-refractivity contribution in [1.29, 1.82) is 0 Å². The standard InChI is InChI=1S/C12H24N2O/c1-4-11-8-7-10(2)14(11)12(15)6-5-9-13-3/h10-11,13H,4-9H2,1-3H3. The lowest BCUT2D eigenvalue weighted by Crippen LogP contribution is -2.39. The first kappa shape index (κ1) is 12.5. The van der Waals surface area contributed by atoms with Crippen molar-refractivity contribution in [3.8, 4) is 0 Å². The number of amides is 1. The van der Waals surface area contributed by atoms with Gasteiger partial charge in [-0.15, -0.1) is 0 Å². The molecule has 0 aromatic heterocycles. The average molecular weight is 212 g/mol. The fourth-order valence-corrected chi connectivity index (χ4v) is 2.47. The molecule has 1 aliphatic heterocycles. The molecule has 1 fully saturated rings. The van der Waals surface area contributed by atoms with Crippen molar-refractivity contribution in [2.75, 3.05) is 13.6 Å². The zero-order valence-corrected chi connectivity index (χ0v) is 10.3. The minimum absolute atomic E-state index is 0.349. The van der Waals surface area contributed by atoms with E-state index in [1.807, 2.05) is 7.05 Å². The highest BCUT2D eigenvalue weighted by Crippen LogP contribution is 2.26. The monoisotopic (exact) mass is 212 g/mol. The van der Waals surface area contributed by atoms with Crippen LogP contribution in [0.5, 0.6) is 0 Å². The highest BCUT2D eigenvalue weighted by Gasteiger charge is 2.32. The number of carbonyl (C=O) groups is 1. The van der Waals surface area contributed by atoms with Gasteiger partial charge in [0.2, 0.25) is 5.91 Å². The molecule has 1 rings (SSSR count). The Labute approximate surface area is 93.2 Å². The lowest BCUT2D eigenvalue weighted by molar-refractivity contribution is -0.133. The van der Waals surface area contributed by atoms with Gasteiger partial charge in [0, 0.05) is 18.5 Å². The summed E-state index contributed by atoms with van der Waals surface area (Å²) in [7, 11) is 1.93. The second kappa shape index (κ2) is 6.11. The number of carbonyl (C=O) groups excluding carboxylic acids is 1. The van der Waals surface area contributed by atoms with E-state index in [9.17, 15) is 4.79 Å². The van der Waals surface area contributed by atoms with Gasteiger partial charge in [0.15, 0.2) is 0 Å². The second-order valence-corrected chi connectivity index (χ2v) is 4.50. The van der Waals surface area contributed by atoms with Crippen molar-refractivity contribution in [2.45, 2.75) is 58.0 Å². The summed E-state index contributed by atoms with van der Waals surface area (Å²) in [5, 5.41) is 3.08. The van der Waals surface area contributed by atoms with Crippen LogP contribution in [0.3, 0.4) is 0 Å². The van der Waals surface area contributed by atoms with Gasteiger partial charge in [-0.05, 0) is 46.2 Å². The summed E-state index contributed by atoms with van der Waals surface area (Å²) < 4.78 is 0. The first-order valence-electron chi connectivity index (χ1n) is 6.16. The fourth-order valence-electron chi connectivity index (χ4n) is 2.47. The van der Waals surface area contributed by atoms with Gasteiger partial charge in [-0.25, -0.2) is 0 Å². The summed E-state index contributed by atoms with van der Waals surface area (Å²) in [6, 6.07) is 0.958. The first-order valence-corrected chi connectivity index (χ1v) is 6.16. The van der Waals surface area contributed by atoms with Crippen molar-refractivity contribution in [2.24, 2.45) is 0 Å². The van der Waals surface area contributed by atoms with E-state index in [-0.39, 0.29) is 0 Å². The third-order valence-electron chi connectivity index (χ3n) is 3.36. The molecule has 2 unspecified atom stereocenters. The van der Waals surface area contributed by atoms with Crippen LogP contribution in [0.4, 0.5) is 0 Å². The maximum Gasteiger partial charge on any atom is 0.223 e. The molecular weight excluding hydrogens is 188 g/mol. The van der Waals surface area contributed by atoms with Crippen LogP contribution in [0.15, 0.2) is 0 Å². The molecule has 1 aliphatic rings. The minimum Gasteiger partial charge on any atom is -0.337 e. The van der Waals surface area contributed by atoms with Crippen LogP contribution >= 0.6 is 0 Å². The number of likely N-dealkylation sites (tertiary alicyclic amines) is 1. The summed E-state index contributed by atoms with van der Waals surface area (Å²) >= 11 is 0. The van der Waals surface area contributed by atoms with Crippen LogP contribution in [0.2, 0.25) is 0 Å². The SMILES string of the molecule is CCC1CCC(C)N1C(=O)CCCNC. The molecule has 0 spiro atoms. The molecule has 1 saturated heterocycles. The topological polar surface area (TPSA) is 32.3 Å². The van der Waals surface area contributed by atoms with Gasteiger partial charge in [-0.2, -0.15) is 0 Å².